The Kier molecular flexibility index (Phi) is 5.51. The average Bonchev–Trinajstić information content (AvgIpc) is 3.19. The number of aromatic nitrogens is 2. The summed E-state index contributed by atoms with van der Waals surface area (Å²) in [5.41, 5.74) is 2.33. The number of pyridine rings is 1. The van der Waals surface area contributed by atoms with Crippen LogP contribution in [-0.4, -0.2) is 33.5 Å². The fraction of sp³-hybridized carbons (Fsp3) is 0.500. The van der Waals surface area contributed by atoms with Crippen LogP contribution >= 0.6 is 11.6 Å². The SMILES string of the molecule is Cc1cc(CC[C@H]2CCCN2C(=O)CCc2cc(Cl)no2)ccn1. The molecule has 128 valence electrons. The van der Waals surface area contributed by atoms with E-state index >= 15 is 0 Å². The van der Waals surface area contributed by atoms with E-state index in [2.05, 4.69) is 22.3 Å². The van der Waals surface area contributed by atoms with Gasteiger partial charge in [0.1, 0.15) is 5.76 Å². The minimum atomic E-state index is 0.191. The fourth-order valence-electron chi connectivity index (χ4n) is 3.34. The third kappa shape index (κ3) is 4.35. The Hall–Kier alpha value is -1.88. The van der Waals surface area contributed by atoms with Crippen molar-refractivity contribution in [2.75, 3.05) is 6.54 Å². The second-order valence-electron chi connectivity index (χ2n) is 6.34. The molecule has 5 nitrogen and oxygen atoms in total. The quantitative estimate of drug-likeness (QED) is 0.801. The van der Waals surface area contributed by atoms with E-state index in [0.29, 0.717) is 29.8 Å². The molecular weight excluding hydrogens is 326 g/mol. The van der Waals surface area contributed by atoms with Crippen LogP contribution in [0.2, 0.25) is 5.15 Å². The lowest BCUT2D eigenvalue weighted by atomic mass is 10.0. The van der Waals surface area contributed by atoms with Gasteiger partial charge in [-0.3, -0.25) is 9.78 Å². The van der Waals surface area contributed by atoms with Crippen LogP contribution in [0.25, 0.3) is 0 Å². The summed E-state index contributed by atoms with van der Waals surface area (Å²) in [6, 6.07) is 6.18. The molecule has 6 heteroatoms. The van der Waals surface area contributed by atoms with Crippen molar-refractivity contribution in [1.29, 1.82) is 0 Å². The van der Waals surface area contributed by atoms with Crippen LogP contribution in [0.3, 0.4) is 0 Å². The number of carbonyl (C=O) groups is 1. The van der Waals surface area contributed by atoms with E-state index in [1.54, 1.807) is 6.07 Å². The topological polar surface area (TPSA) is 59.2 Å². The van der Waals surface area contributed by atoms with Crippen molar-refractivity contribution in [3.05, 3.63) is 46.6 Å². The van der Waals surface area contributed by atoms with Crippen LogP contribution in [-0.2, 0) is 17.6 Å². The fourth-order valence-corrected chi connectivity index (χ4v) is 3.49. The zero-order valence-electron chi connectivity index (χ0n) is 13.9. The van der Waals surface area contributed by atoms with Crippen molar-refractivity contribution in [1.82, 2.24) is 15.0 Å². The highest BCUT2D eigenvalue weighted by Gasteiger charge is 2.28. The van der Waals surface area contributed by atoms with E-state index in [4.69, 9.17) is 16.1 Å². The largest absolute Gasteiger partial charge is 0.360 e. The van der Waals surface area contributed by atoms with Gasteiger partial charge in [-0.25, -0.2) is 0 Å². The van der Waals surface area contributed by atoms with Gasteiger partial charge in [0.25, 0.3) is 0 Å². The van der Waals surface area contributed by atoms with Gasteiger partial charge >= 0.3 is 0 Å². The summed E-state index contributed by atoms with van der Waals surface area (Å²) >= 11 is 5.73. The monoisotopic (exact) mass is 347 g/mol. The zero-order valence-corrected chi connectivity index (χ0v) is 14.6. The lowest BCUT2D eigenvalue weighted by Gasteiger charge is -2.24. The van der Waals surface area contributed by atoms with Crippen LogP contribution < -0.4 is 0 Å². The molecule has 0 N–H and O–H groups in total. The van der Waals surface area contributed by atoms with Crippen molar-refractivity contribution in [2.24, 2.45) is 0 Å². The number of hydrogen-bond acceptors (Lipinski definition) is 4. The van der Waals surface area contributed by atoms with E-state index in [1.165, 1.54) is 5.56 Å². The number of amides is 1. The second kappa shape index (κ2) is 7.79. The molecule has 2 aromatic heterocycles. The van der Waals surface area contributed by atoms with E-state index in [1.807, 2.05) is 18.0 Å². The molecule has 1 saturated heterocycles. The molecule has 0 saturated carbocycles. The number of carbonyl (C=O) groups excluding carboxylic acids is 1. The Morgan fingerprint density at radius 1 is 1.42 bits per heavy atom. The molecule has 1 aliphatic heterocycles. The standard InChI is InChI=1S/C18H22ClN3O2/c1-13-11-14(8-9-20-13)4-5-15-3-2-10-22(15)18(23)7-6-16-12-17(19)21-24-16/h8-9,11-12,15H,2-7,10H2,1H3/t15-/m1/s1. The highest BCUT2D eigenvalue weighted by molar-refractivity contribution is 6.29. The summed E-state index contributed by atoms with van der Waals surface area (Å²) in [5.74, 6) is 0.854. The van der Waals surface area contributed by atoms with Crippen LogP contribution in [0.5, 0.6) is 0 Å². The molecular formula is C18H22ClN3O2. The van der Waals surface area contributed by atoms with Crippen molar-refractivity contribution in [3.8, 4) is 0 Å². The van der Waals surface area contributed by atoms with Crippen LogP contribution in [0.4, 0.5) is 0 Å². The first kappa shape index (κ1) is 17.0. The van der Waals surface area contributed by atoms with Gasteiger partial charge in [-0.15, -0.1) is 0 Å². The molecule has 1 amide bonds. The molecule has 0 unspecified atom stereocenters. The number of aryl methyl sites for hydroxylation is 3. The summed E-state index contributed by atoms with van der Waals surface area (Å²) in [6.07, 6.45) is 7.00. The molecule has 1 aliphatic rings. The second-order valence-corrected chi connectivity index (χ2v) is 6.73. The van der Waals surface area contributed by atoms with Crippen molar-refractivity contribution >= 4 is 17.5 Å². The molecule has 0 aromatic carbocycles. The van der Waals surface area contributed by atoms with Gasteiger partial charge in [-0.2, -0.15) is 0 Å². The van der Waals surface area contributed by atoms with E-state index in [-0.39, 0.29) is 5.91 Å². The first-order valence-corrected chi connectivity index (χ1v) is 8.82. The Bertz CT molecular complexity index is 701. The molecule has 1 atom stereocenters. The number of rotatable bonds is 6. The van der Waals surface area contributed by atoms with E-state index in [0.717, 1.165) is 37.9 Å². The average molecular weight is 348 g/mol. The van der Waals surface area contributed by atoms with Crippen molar-refractivity contribution in [2.45, 2.75) is 51.5 Å². The Balaban J connectivity index is 1.51. The molecule has 1 fully saturated rings. The van der Waals surface area contributed by atoms with Gasteiger partial charge in [0.2, 0.25) is 5.91 Å². The molecule has 3 rings (SSSR count). The van der Waals surface area contributed by atoms with Crippen LogP contribution in [0.1, 0.15) is 42.7 Å². The maximum absolute atomic E-state index is 12.5. The smallest absolute Gasteiger partial charge is 0.223 e. The number of halogens is 1. The van der Waals surface area contributed by atoms with Gasteiger partial charge in [0.15, 0.2) is 5.15 Å². The third-order valence-corrected chi connectivity index (χ3v) is 4.72. The molecule has 24 heavy (non-hydrogen) atoms. The highest BCUT2D eigenvalue weighted by Crippen LogP contribution is 2.23. The van der Waals surface area contributed by atoms with Gasteiger partial charge < -0.3 is 9.42 Å². The number of nitrogens with zero attached hydrogens (tertiary/aromatic N) is 3. The lowest BCUT2D eigenvalue weighted by molar-refractivity contribution is -0.132. The van der Waals surface area contributed by atoms with Crippen LogP contribution in [0, 0.1) is 6.92 Å². The Labute approximate surface area is 147 Å². The maximum Gasteiger partial charge on any atom is 0.223 e. The predicted octanol–water partition coefficient (Wildman–Crippen LogP) is 3.59. The first-order valence-electron chi connectivity index (χ1n) is 8.44. The Morgan fingerprint density at radius 2 is 2.29 bits per heavy atom. The van der Waals surface area contributed by atoms with Gasteiger partial charge in [-0.1, -0.05) is 16.8 Å². The van der Waals surface area contributed by atoms with Gasteiger partial charge in [-0.05, 0) is 50.3 Å². The number of likely N-dealkylation sites (tertiary alicyclic amines) is 1. The summed E-state index contributed by atoms with van der Waals surface area (Å²) in [7, 11) is 0. The molecule has 2 aromatic rings. The van der Waals surface area contributed by atoms with E-state index < -0.39 is 0 Å². The predicted molar refractivity (Wildman–Crippen MR) is 91.9 cm³/mol. The lowest BCUT2D eigenvalue weighted by Crippen LogP contribution is -2.35. The molecule has 0 radical (unpaired) electrons. The molecule has 0 spiro atoms. The zero-order chi connectivity index (χ0) is 16.9. The maximum atomic E-state index is 12.5. The minimum absolute atomic E-state index is 0.191. The minimum Gasteiger partial charge on any atom is -0.360 e. The van der Waals surface area contributed by atoms with Crippen molar-refractivity contribution in [3.63, 3.8) is 0 Å². The summed E-state index contributed by atoms with van der Waals surface area (Å²) in [5, 5.41) is 3.97. The first-order chi connectivity index (χ1) is 11.6. The summed E-state index contributed by atoms with van der Waals surface area (Å²) < 4.78 is 5.06. The third-order valence-electron chi connectivity index (χ3n) is 4.54. The van der Waals surface area contributed by atoms with Crippen LogP contribution in [0.15, 0.2) is 28.9 Å². The van der Waals surface area contributed by atoms with Crippen molar-refractivity contribution < 1.29 is 9.32 Å². The van der Waals surface area contributed by atoms with E-state index in [9.17, 15) is 4.79 Å². The summed E-state index contributed by atoms with van der Waals surface area (Å²) in [4.78, 5) is 18.8. The Morgan fingerprint density at radius 3 is 3.04 bits per heavy atom. The molecule has 0 bridgehead atoms. The van der Waals surface area contributed by atoms with Gasteiger partial charge in [0.05, 0.1) is 0 Å². The number of hydrogen-bond donors (Lipinski definition) is 0. The summed E-state index contributed by atoms with van der Waals surface area (Å²) in [6.45, 7) is 2.86. The molecule has 0 aliphatic carbocycles. The molecule has 3 heterocycles. The normalized spacial score (nSPS) is 17.4. The van der Waals surface area contributed by atoms with Gasteiger partial charge in [0, 0.05) is 43.4 Å². The highest BCUT2D eigenvalue weighted by atomic mass is 35.5.